The Bertz CT molecular complexity index is 719. The number of hydrogen-bond acceptors (Lipinski definition) is 3. The summed E-state index contributed by atoms with van der Waals surface area (Å²) < 4.78 is 5.10. The number of aryl methyl sites for hydroxylation is 2. The standard InChI is InChI=1S/C19H22N2O2/c1-13-5-8-17(11-14(13)2)15(3)20-21-19(22)12-16-6-9-18(23-4)10-7-16/h5-11H,12H2,1-4H3,(H,21,22). The lowest BCUT2D eigenvalue weighted by atomic mass is 10.0. The molecule has 0 bridgehead atoms. The van der Waals surface area contributed by atoms with Crippen LogP contribution in [0, 0.1) is 13.8 Å². The Kier molecular flexibility index (Phi) is 5.52. The van der Waals surface area contributed by atoms with Crippen molar-refractivity contribution in [2.24, 2.45) is 5.10 Å². The molecule has 0 aromatic heterocycles. The van der Waals surface area contributed by atoms with Gasteiger partial charge in [0.25, 0.3) is 0 Å². The molecule has 23 heavy (non-hydrogen) atoms. The summed E-state index contributed by atoms with van der Waals surface area (Å²) in [6, 6.07) is 13.6. The average molecular weight is 310 g/mol. The van der Waals surface area contributed by atoms with Crippen molar-refractivity contribution in [1.82, 2.24) is 5.43 Å². The Morgan fingerprint density at radius 2 is 1.78 bits per heavy atom. The second kappa shape index (κ2) is 7.58. The van der Waals surface area contributed by atoms with Gasteiger partial charge in [-0.1, -0.05) is 24.3 Å². The van der Waals surface area contributed by atoms with E-state index in [1.54, 1.807) is 7.11 Å². The Morgan fingerprint density at radius 3 is 2.39 bits per heavy atom. The van der Waals surface area contributed by atoms with Crippen molar-refractivity contribution < 1.29 is 9.53 Å². The minimum absolute atomic E-state index is 0.140. The second-order valence-corrected chi connectivity index (χ2v) is 5.56. The molecule has 4 nitrogen and oxygen atoms in total. The van der Waals surface area contributed by atoms with Crippen LogP contribution >= 0.6 is 0 Å². The first-order valence-corrected chi connectivity index (χ1v) is 7.53. The van der Waals surface area contributed by atoms with Crippen molar-refractivity contribution in [2.75, 3.05) is 7.11 Å². The van der Waals surface area contributed by atoms with Crippen LogP contribution in [0.3, 0.4) is 0 Å². The van der Waals surface area contributed by atoms with Gasteiger partial charge in [0.2, 0.25) is 5.91 Å². The fourth-order valence-corrected chi connectivity index (χ4v) is 2.15. The van der Waals surface area contributed by atoms with Gasteiger partial charge in [0.15, 0.2) is 0 Å². The maximum atomic E-state index is 12.0. The summed E-state index contributed by atoms with van der Waals surface area (Å²) >= 11 is 0. The zero-order valence-corrected chi connectivity index (χ0v) is 14.0. The number of hydrogen-bond donors (Lipinski definition) is 1. The van der Waals surface area contributed by atoms with Crippen LogP contribution in [0.15, 0.2) is 47.6 Å². The number of nitrogens with zero attached hydrogens (tertiary/aromatic N) is 1. The van der Waals surface area contributed by atoms with Crippen molar-refractivity contribution >= 4 is 11.6 Å². The van der Waals surface area contributed by atoms with Crippen molar-refractivity contribution in [3.8, 4) is 5.75 Å². The fraction of sp³-hybridized carbons (Fsp3) is 0.263. The van der Waals surface area contributed by atoms with Gasteiger partial charge in [-0.15, -0.1) is 0 Å². The summed E-state index contributed by atoms with van der Waals surface area (Å²) in [6.45, 7) is 6.02. The summed E-state index contributed by atoms with van der Waals surface area (Å²) in [7, 11) is 1.62. The molecule has 0 spiro atoms. The molecule has 120 valence electrons. The highest BCUT2D eigenvalue weighted by molar-refractivity contribution is 5.99. The number of ether oxygens (including phenoxy) is 1. The molecule has 2 aromatic rings. The number of benzene rings is 2. The van der Waals surface area contributed by atoms with E-state index < -0.39 is 0 Å². The number of hydrazone groups is 1. The molecule has 2 rings (SSSR count). The molecule has 0 heterocycles. The summed E-state index contributed by atoms with van der Waals surface area (Å²) in [6.07, 6.45) is 0.285. The van der Waals surface area contributed by atoms with Crippen LogP contribution in [0.1, 0.15) is 29.2 Å². The monoisotopic (exact) mass is 310 g/mol. The van der Waals surface area contributed by atoms with Gasteiger partial charge in [0.1, 0.15) is 5.75 Å². The van der Waals surface area contributed by atoms with Gasteiger partial charge < -0.3 is 4.74 Å². The number of carbonyl (C=O) groups excluding carboxylic acids is 1. The molecule has 0 aliphatic rings. The van der Waals surface area contributed by atoms with E-state index in [1.807, 2.05) is 37.3 Å². The Hall–Kier alpha value is -2.62. The first-order valence-electron chi connectivity index (χ1n) is 7.53. The van der Waals surface area contributed by atoms with E-state index in [9.17, 15) is 4.79 Å². The SMILES string of the molecule is COc1ccc(CC(=O)NN=C(C)c2ccc(C)c(C)c2)cc1. The minimum Gasteiger partial charge on any atom is -0.497 e. The molecule has 0 aliphatic carbocycles. The first-order chi connectivity index (χ1) is 11.0. The van der Waals surface area contributed by atoms with Crippen molar-refractivity contribution in [3.05, 3.63) is 64.7 Å². The Balaban J connectivity index is 1.97. The maximum Gasteiger partial charge on any atom is 0.244 e. The molecule has 0 fully saturated rings. The summed E-state index contributed by atoms with van der Waals surface area (Å²) in [5, 5.41) is 4.19. The van der Waals surface area contributed by atoms with Gasteiger partial charge in [0, 0.05) is 0 Å². The number of carbonyl (C=O) groups is 1. The predicted molar refractivity (Wildman–Crippen MR) is 93.0 cm³/mol. The smallest absolute Gasteiger partial charge is 0.244 e. The van der Waals surface area contributed by atoms with E-state index in [-0.39, 0.29) is 12.3 Å². The van der Waals surface area contributed by atoms with Crippen LogP contribution in [0.2, 0.25) is 0 Å². The van der Waals surface area contributed by atoms with Gasteiger partial charge in [-0.2, -0.15) is 5.10 Å². The van der Waals surface area contributed by atoms with Crippen molar-refractivity contribution in [3.63, 3.8) is 0 Å². The van der Waals surface area contributed by atoms with Crippen LogP contribution in [0.4, 0.5) is 0 Å². The molecule has 0 radical (unpaired) electrons. The average Bonchev–Trinajstić information content (AvgIpc) is 2.56. The van der Waals surface area contributed by atoms with Crippen LogP contribution < -0.4 is 10.2 Å². The highest BCUT2D eigenvalue weighted by atomic mass is 16.5. The Labute approximate surface area is 137 Å². The number of rotatable bonds is 5. The Morgan fingerprint density at radius 1 is 1.09 bits per heavy atom. The second-order valence-electron chi connectivity index (χ2n) is 5.56. The molecular formula is C19H22N2O2. The lowest BCUT2D eigenvalue weighted by Gasteiger charge is -2.06. The highest BCUT2D eigenvalue weighted by Crippen LogP contribution is 2.12. The molecule has 0 atom stereocenters. The summed E-state index contributed by atoms with van der Waals surface area (Å²) in [4.78, 5) is 12.0. The molecule has 1 N–H and O–H groups in total. The van der Waals surface area contributed by atoms with Crippen LogP contribution in [-0.2, 0) is 11.2 Å². The molecule has 4 heteroatoms. The number of methoxy groups -OCH3 is 1. The first kappa shape index (κ1) is 16.7. The van der Waals surface area contributed by atoms with Crippen LogP contribution in [0.25, 0.3) is 0 Å². The van der Waals surface area contributed by atoms with E-state index >= 15 is 0 Å². The molecule has 0 saturated heterocycles. The van der Waals surface area contributed by atoms with E-state index in [2.05, 4.69) is 36.5 Å². The third kappa shape index (κ3) is 4.68. The third-order valence-corrected chi connectivity index (χ3v) is 3.80. The molecule has 0 saturated carbocycles. The van der Waals surface area contributed by atoms with Gasteiger partial charge in [-0.05, 0) is 61.2 Å². The topological polar surface area (TPSA) is 50.7 Å². The fourth-order valence-electron chi connectivity index (χ4n) is 2.15. The zero-order chi connectivity index (χ0) is 16.8. The van der Waals surface area contributed by atoms with Gasteiger partial charge in [-0.25, -0.2) is 5.43 Å². The van der Waals surface area contributed by atoms with Crippen molar-refractivity contribution in [1.29, 1.82) is 0 Å². The quantitative estimate of drug-likeness (QED) is 0.680. The normalized spacial score (nSPS) is 11.2. The summed E-state index contributed by atoms with van der Waals surface area (Å²) in [5.74, 6) is 0.635. The summed E-state index contributed by atoms with van der Waals surface area (Å²) in [5.41, 5.74) is 7.78. The van der Waals surface area contributed by atoms with Gasteiger partial charge >= 0.3 is 0 Å². The minimum atomic E-state index is -0.140. The molecule has 2 aromatic carbocycles. The molecule has 0 unspecified atom stereocenters. The number of amides is 1. The van der Waals surface area contributed by atoms with E-state index in [0.29, 0.717) is 0 Å². The van der Waals surface area contributed by atoms with Crippen LogP contribution in [-0.4, -0.2) is 18.7 Å². The highest BCUT2D eigenvalue weighted by Gasteiger charge is 2.04. The van der Waals surface area contributed by atoms with Crippen LogP contribution in [0.5, 0.6) is 5.75 Å². The van der Waals surface area contributed by atoms with Gasteiger partial charge in [-0.3, -0.25) is 4.79 Å². The lowest BCUT2D eigenvalue weighted by Crippen LogP contribution is -2.21. The van der Waals surface area contributed by atoms with Crippen molar-refractivity contribution in [2.45, 2.75) is 27.2 Å². The van der Waals surface area contributed by atoms with E-state index in [1.165, 1.54) is 11.1 Å². The molecule has 0 aliphatic heterocycles. The molecule has 1 amide bonds. The lowest BCUT2D eigenvalue weighted by molar-refractivity contribution is -0.120. The maximum absolute atomic E-state index is 12.0. The predicted octanol–water partition coefficient (Wildman–Crippen LogP) is 3.39. The van der Waals surface area contributed by atoms with Gasteiger partial charge in [0.05, 0.1) is 19.2 Å². The molecular weight excluding hydrogens is 288 g/mol. The third-order valence-electron chi connectivity index (χ3n) is 3.80. The van der Waals surface area contributed by atoms with E-state index in [0.717, 1.165) is 22.6 Å². The number of nitrogens with one attached hydrogen (secondary N) is 1. The van der Waals surface area contributed by atoms with E-state index in [4.69, 9.17) is 4.74 Å². The zero-order valence-electron chi connectivity index (χ0n) is 14.0. The largest absolute Gasteiger partial charge is 0.497 e.